The van der Waals surface area contributed by atoms with Crippen LogP contribution in [0.3, 0.4) is 0 Å². The molecule has 0 spiro atoms. The van der Waals surface area contributed by atoms with Crippen LogP contribution in [0.1, 0.15) is 18.9 Å². The predicted molar refractivity (Wildman–Crippen MR) is 65.3 cm³/mol. The molecule has 0 aliphatic heterocycles. The molecule has 0 amide bonds. The Bertz CT molecular complexity index is 326. The van der Waals surface area contributed by atoms with Crippen LogP contribution in [0.2, 0.25) is 0 Å². The van der Waals surface area contributed by atoms with Crippen molar-refractivity contribution in [3.63, 3.8) is 0 Å². The second-order valence-electron chi connectivity index (χ2n) is 3.40. The lowest BCUT2D eigenvalue weighted by atomic mass is 10.2. The van der Waals surface area contributed by atoms with Gasteiger partial charge in [-0.1, -0.05) is 35.0 Å². The van der Waals surface area contributed by atoms with Crippen molar-refractivity contribution in [2.45, 2.75) is 19.9 Å². The molecule has 0 aliphatic carbocycles. The molecule has 15 heavy (non-hydrogen) atoms. The minimum Gasteiger partial charge on any atom is -0.298 e. The molecular weight excluding hydrogens is 252 g/mol. The number of hydrogen-bond donors (Lipinski definition) is 0. The number of benzene rings is 1. The van der Waals surface area contributed by atoms with Crippen LogP contribution in [0.25, 0.3) is 0 Å². The van der Waals surface area contributed by atoms with Crippen LogP contribution in [0.4, 0.5) is 0 Å². The van der Waals surface area contributed by atoms with Crippen LogP contribution in [0, 0.1) is 11.3 Å². The van der Waals surface area contributed by atoms with Gasteiger partial charge in [-0.3, -0.25) is 4.90 Å². The van der Waals surface area contributed by atoms with Crippen molar-refractivity contribution < 1.29 is 0 Å². The molecule has 2 nitrogen and oxygen atoms in total. The van der Waals surface area contributed by atoms with E-state index in [1.807, 2.05) is 12.1 Å². The molecule has 0 bridgehead atoms. The van der Waals surface area contributed by atoms with Gasteiger partial charge in [0.1, 0.15) is 0 Å². The van der Waals surface area contributed by atoms with Crippen molar-refractivity contribution in [1.82, 2.24) is 4.90 Å². The second kappa shape index (κ2) is 6.60. The first-order valence-corrected chi connectivity index (χ1v) is 5.89. The fourth-order valence-corrected chi connectivity index (χ4v) is 1.67. The summed E-state index contributed by atoms with van der Waals surface area (Å²) in [4.78, 5) is 2.27. The van der Waals surface area contributed by atoms with E-state index in [0.717, 1.165) is 24.1 Å². The van der Waals surface area contributed by atoms with Gasteiger partial charge in [-0.05, 0) is 24.2 Å². The summed E-state index contributed by atoms with van der Waals surface area (Å²) in [6.07, 6.45) is 0.602. The molecule has 0 saturated heterocycles. The minimum atomic E-state index is 0.602. The zero-order valence-corrected chi connectivity index (χ0v) is 10.5. The van der Waals surface area contributed by atoms with Crippen molar-refractivity contribution in [3.05, 3.63) is 34.3 Å². The van der Waals surface area contributed by atoms with Gasteiger partial charge in [-0.2, -0.15) is 5.26 Å². The van der Waals surface area contributed by atoms with E-state index in [2.05, 4.69) is 46.0 Å². The third kappa shape index (κ3) is 4.46. The van der Waals surface area contributed by atoms with E-state index in [0.29, 0.717) is 6.42 Å². The predicted octanol–water partition coefficient (Wildman–Crippen LogP) is 3.18. The zero-order chi connectivity index (χ0) is 11.1. The largest absolute Gasteiger partial charge is 0.298 e. The van der Waals surface area contributed by atoms with Crippen LogP contribution in [-0.4, -0.2) is 18.0 Å². The van der Waals surface area contributed by atoms with Gasteiger partial charge < -0.3 is 0 Å². The third-order valence-electron chi connectivity index (χ3n) is 2.31. The molecule has 0 aromatic heterocycles. The maximum atomic E-state index is 8.53. The van der Waals surface area contributed by atoms with Gasteiger partial charge in [0.05, 0.1) is 6.07 Å². The van der Waals surface area contributed by atoms with E-state index in [1.165, 1.54) is 5.56 Å². The minimum absolute atomic E-state index is 0.602. The molecule has 1 aromatic carbocycles. The molecule has 0 heterocycles. The van der Waals surface area contributed by atoms with E-state index < -0.39 is 0 Å². The van der Waals surface area contributed by atoms with E-state index in [-0.39, 0.29) is 0 Å². The molecule has 1 aromatic rings. The van der Waals surface area contributed by atoms with Crippen LogP contribution < -0.4 is 0 Å². The first-order valence-electron chi connectivity index (χ1n) is 5.10. The maximum Gasteiger partial charge on any atom is 0.0635 e. The van der Waals surface area contributed by atoms with Crippen molar-refractivity contribution in [2.24, 2.45) is 0 Å². The first kappa shape index (κ1) is 12.2. The Kier molecular flexibility index (Phi) is 5.38. The van der Waals surface area contributed by atoms with E-state index in [4.69, 9.17) is 5.26 Å². The molecule has 0 fully saturated rings. The molecule has 0 atom stereocenters. The Balaban J connectivity index is 2.51. The summed E-state index contributed by atoms with van der Waals surface area (Å²) in [7, 11) is 0. The third-order valence-corrected chi connectivity index (χ3v) is 2.84. The van der Waals surface area contributed by atoms with E-state index in [9.17, 15) is 0 Å². The average molecular weight is 267 g/mol. The Labute approximate surface area is 99.6 Å². The molecule has 0 aliphatic rings. The topological polar surface area (TPSA) is 27.0 Å². The quantitative estimate of drug-likeness (QED) is 0.819. The second-order valence-corrected chi connectivity index (χ2v) is 4.32. The normalized spacial score (nSPS) is 10.3. The fourth-order valence-electron chi connectivity index (χ4n) is 1.41. The lowest BCUT2D eigenvalue weighted by Gasteiger charge is -2.18. The highest BCUT2D eigenvalue weighted by Gasteiger charge is 2.02. The van der Waals surface area contributed by atoms with E-state index in [1.54, 1.807) is 0 Å². The van der Waals surface area contributed by atoms with Crippen LogP contribution >= 0.6 is 15.9 Å². The highest BCUT2D eigenvalue weighted by atomic mass is 79.9. The molecular formula is C12H15BrN2. The lowest BCUT2D eigenvalue weighted by Crippen LogP contribution is -2.23. The summed E-state index contributed by atoms with van der Waals surface area (Å²) in [6, 6.07) is 10.5. The molecule has 80 valence electrons. The summed E-state index contributed by atoms with van der Waals surface area (Å²) >= 11 is 3.41. The molecule has 3 heteroatoms. The standard InChI is InChI=1S/C12H15BrN2/c1-2-15(9-3-8-14)10-11-4-6-12(13)7-5-11/h4-7H,2-3,9-10H2,1H3. The average Bonchev–Trinajstić information content (AvgIpc) is 2.27. The van der Waals surface area contributed by atoms with E-state index >= 15 is 0 Å². The number of nitriles is 1. The van der Waals surface area contributed by atoms with Gasteiger partial charge in [0.2, 0.25) is 0 Å². The summed E-state index contributed by atoms with van der Waals surface area (Å²) in [5, 5.41) is 8.53. The Morgan fingerprint density at radius 1 is 1.33 bits per heavy atom. The monoisotopic (exact) mass is 266 g/mol. The highest BCUT2D eigenvalue weighted by Crippen LogP contribution is 2.12. The summed E-state index contributed by atoms with van der Waals surface area (Å²) < 4.78 is 1.10. The van der Waals surface area contributed by atoms with Crippen molar-refractivity contribution >= 4 is 15.9 Å². The maximum absolute atomic E-state index is 8.53. The summed E-state index contributed by atoms with van der Waals surface area (Å²) in [5.41, 5.74) is 1.29. The first-order chi connectivity index (χ1) is 7.26. The van der Waals surface area contributed by atoms with Crippen LogP contribution in [0.15, 0.2) is 28.7 Å². The fraction of sp³-hybridized carbons (Fsp3) is 0.417. The van der Waals surface area contributed by atoms with Crippen LogP contribution in [-0.2, 0) is 6.54 Å². The van der Waals surface area contributed by atoms with Gasteiger partial charge in [-0.15, -0.1) is 0 Å². The van der Waals surface area contributed by atoms with Gasteiger partial charge in [0.25, 0.3) is 0 Å². The van der Waals surface area contributed by atoms with Gasteiger partial charge >= 0.3 is 0 Å². The zero-order valence-electron chi connectivity index (χ0n) is 8.91. The summed E-state index contributed by atoms with van der Waals surface area (Å²) in [6.45, 7) is 4.88. The molecule has 1 rings (SSSR count). The number of halogens is 1. The van der Waals surface area contributed by atoms with Crippen LogP contribution in [0.5, 0.6) is 0 Å². The molecule has 0 saturated carbocycles. The Morgan fingerprint density at radius 3 is 2.53 bits per heavy atom. The SMILES string of the molecule is CCN(CCC#N)Cc1ccc(Br)cc1. The smallest absolute Gasteiger partial charge is 0.0635 e. The van der Waals surface area contributed by atoms with Crippen molar-refractivity contribution in [2.75, 3.05) is 13.1 Å². The highest BCUT2D eigenvalue weighted by molar-refractivity contribution is 9.10. The number of rotatable bonds is 5. The van der Waals surface area contributed by atoms with Gasteiger partial charge in [0.15, 0.2) is 0 Å². The Hall–Kier alpha value is -0.850. The molecule has 0 N–H and O–H groups in total. The van der Waals surface area contributed by atoms with Gasteiger partial charge in [-0.25, -0.2) is 0 Å². The Morgan fingerprint density at radius 2 is 2.00 bits per heavy atom. The number of nitrogens with zero attached hydrogens (tertiary/aromatic N) is 2. The lowest BCUT2D eigenvalue weighted by molar-refractivity contribution is 0.287. The molecule has 0 radical (unpaired) electrons. The van der Waals surface area contributed by atoms with Crippen molar-refractivity contribution in [1.29, 1.82) is 5.26 Å². The number of hydrogen-bond acceptors (Lipinski definition) is 2. The van der Waals surface area contributed by atoms with Gasteiger partial charge in [0, 0.05) is 24.0 Å². The summed E-state index contributed by atoms with van der Waals surface area (Å²) in [5.74, 6) is 0. The van der Waals surface area contributed by atoms with Crippen molar-refractivity contribution in [3.8, 4) is 6.07 Å². The molecule has 0 unspecified atom stereocenters.